The van der Waals surface area contributed by atoms with Crippen molar-refractivity contribution < 1.29 is 35.7 Å². The SMILES string of the molecule is CO.CO.CO.CO.CO.CO.CO.c1ccc2c(c1)c1ccccc1c1c3ccccc3c3ccccc3c21.c1ccc2c(c1)c1ccccc1c1c3ccccc3c3ccccc3c21. The second kappa shape index (κ2) is 26.1. The molecular formula is C59H60O7. The van der Waals surface area contributed by atoms with Gasteiger partial charge in [-0.25, -0.2) is 0 Å². The molecule has 0 radical (unpaired) electrons. The van der Waals surface area contributed by atoms with Gasteiger partial charge in [0.05, 0.1) is 0 Å². The van der Waals surface area contributed by atoms with Gasteiger partial charge in [-0.3, -0.25) is 0 Å². The first-order valence-electron chi connectivity index (χ1n) is 21.2. The lowest BCUT2D eigenvalue weighted by molar-refractivity contribution is 0.399. The molecule has 0 saturated heterocycles. The van der Waals surface area contributed by atoms with Gasteiger partial charge in [0.1, 0.15) is 0 Å². The van der Waals surface area contributed by atoms with Gasteiger partial charge in [0.15, 0.2) is 0 Å². The van der Waals surface area contributed by atoms with Crippen molar-refractivity contribution in [3.63, 3.8) is 0 Å². The van der Waals surface area contributed by atoms with Crippen LogP contribution in [0.4, 0.5) is 0 Å². The van der Waals surface area contributed by atoms with E-state index in [-0.39, 0.29) is 0 Å². The van der Waals surface area contributed by atoms with Crippen molar-refractivity contribution in [1.82, 2.24) is 0 Å². The van der Waals surface area contributed by atoms with E-state index in [0.717, 1.165) is 49.8 Å². The Balaban J connectivity index is 0.000000229. The van der Waals surface area contributed by atoms with E-state index in [9.17, 15) is 0 Å². The van der Waals surface area contributed by atoms with Crippen molar-refractivity contribution in [2.24, 2.45) is 0 Å². The van der Waals surface area contributed by atoms with Gasteiger partial charge in [-0.2, -0.15) is 0 Å². The van der Waals surface area contributed by atoms with E-state index in [2.05, 4.69) is 194 Å². The van der Waals surface area contributed by atoms with Crippen molar-refractivity contribution >= 4 is 108 Å². The third kappa shape index (κ3) is 9.51. The highest BCUT2D eigenvalue weighted by atomic mass is 16.2. The molecule has 7 nitrogen and oxygen atoms in total. The highest BCUT2D eigenvalue weighted by molar-refractivity contribution is 6.40. The summed E-state index contributed by atoms with van der Waals surface area (Å²) in [5.74, 6) is 0. The van der Waals surface area contributed by atoms with Gasteiger partial charge in [0.2, 0.25) is 0 Å². The van der Waals surface area contributed by atoms with Gasteiger partial charge in [-0.1, -0.05) is 194 Å². The molecule has 66 heavy (non-hydrogen) atoms. The third-order valence-corrected chi connectivity index (χ3v) is 11.2. The fourth-order valence-electron chi connectivity index (χ4n) is 9.15. The maximum absolute atomic E-state index is 7.00. The second-order valence-electron chi connectivity index (χ2n) is 13.9. The van der Waals surface area contributed by atoms with Crippen LogP contribution in [-0.2, 0) is 0 Å². The third-order valence-electron chi connectivity index (χ3n) is 11.2. The molecule has 0 aliphatic rings. The first-order valence-corrected chi connectivity index (χ1v) is 21.2. The van der Waals surface area contributed by atoms with Crippen molar-refractivity contribution in [3.05, 3.63) is 194 Å². The quantitative estimate of drug-likeness (QED) is 0.0752. The predicted octanol–water partition coefficient (Wildman–Crippen LogP) is 12.2. The summed E-state index contributed by atoms with van der Waals surface area (Å²) in [5, 5.41) is 75.8. The molecule has 12 rings (SSSR count). The van der Waals surface area contributed by atoms with E-state index in [1.165, 1.54) is 108 Å². The molecule has 0 aliphatic carbocycles. The lowest BCUT2D eigenvalue weighted by atomic mass is 9.87. The minimum Gasteiger partial charge on any atom is -0.400 e. The lowest BCUT2D eigenvalue weighted by Gasteiger charge is -2.16. The van der Waals surface area contributed by atoms with Gasteiger partial charge in [0, 0.05) is 49.8 Å². The average molecular weight is 881 g/mol. The molecule has 0 spiro atoms. The maximum atomic E-state index is 7.00. The van der Waals surface area contributed by atoms with Crippen LogP contribution in [-0.4, -0.2) is 85.5 Å². The van der Waals surface area contributed by atoms with E-state index >= 15 is 0 Å². The van der Waals surface area contributed by atoms with Gasteiger partial charge in [0.25, 0.3) is 0 Å². The predicted molar refractivity (Wildman–Crippen MR) is 285 cm³/mol. The molecule has 7 N–H and O–H groups in total. The van der Waals surface area contributed by atoms with E-state index in [1.807, 2.05) is 0 Å². The zero-order chi connectivity index (χ0) is 48.2. The second-order valence-corrected chi connectivity index (χ2v) is 13.9. The van der Waals surface area contributed by atoms with Crippen LogP contribution in [0.25, 0.3) is 108 Å². The van der Waals surface area contributed by atoms with Crippen LogP contribution in [0, 0.1) is 0 Å². The van der Waals surface area contributed by atoms with E-state index < -0.39 is 0 Å². The zero-order valence-electron chi connectivity index (χ0n) is 38.6. The van der Waals surface area contributed by atoms with Crippen LogP contribution in [0.5, 0.6) is 0 Å². The van der Waals surface area contributed by atoms with Crippen molar-refractivity contribution in [1.29, 1.82) is 0 Å². The fourth-order valence-corrected chi connectivity index (χ4v) is 9.15. The molecule has 7 heteroatoms. The molecule has 12 aromatic rings. The Labute approximate surface area is 385 Å². The van der Waals surface area contributed by atoms with Gasteiger partial charge in [-0.05, 0) is 108 Å². The number of hydrogen-bond donors (Lipinski definition) is 7. The number of aliphatic hydroxyl groups is 7. The molecule has 0 unspecified atom stereocenters. The van der Waals surface area contributed by atoms with Crippen molar-refractivity contribution in [2.75, 3.05) is 49.8 Å². The van der Waals surface area contributed by atoms with E-state index in [0.29, 0.717) is 0 Å². The first kappa shape index (κ1) is 51.6. The Hall–Kier alpha value is -7.04. The number of rotatable bonds is 0. The lowest BCUT2D eigenvalue weighted by Crippen LogP contribution is -1.87. The molecule has 0 aliphatic heterocycles. The summed E-state index contributed by atoms with van der Waals surface area (Å²) in [7, 11) is 7.00. The van der Waals surface area contributed by atoms with Crippen LogP contribution in [0.2, 0.25) is 0 Å². The average Bonchev–Trinajstić information content (AvgIpc) is 3.44. The number of hydrogen-bond acceptors (Lipinski definition) is 7. The van der Waals surface area contributed by atoms with Crippen molar-refractivity contribution in [2.45, 2.75) is 0 Å². The molecule has 0 fully saturated rings. The van der Waals surface area contributed by atoms with E-state index in [4.69, 9.17) is 35.7 Å². The van der Waals surface area contributed by atoms with Crippen LogP contribution < -0.4 is 0 Å². The van der Waals surface area contributed by atoms with E-state index in [1.54, 1.807) is 0 Å². The minimum atomic E-state index is 1.00. The molecule has 0 amide bonds. The van der Waals surface area contributed by atoms with Crippen LogP contribution in [0.1, 0.15) is 0 Å². The number of aliphatic hydroxyl groups excluding tert-OH is 7. The van der Waals surface area contributed by atoms with Crippen LogP contribution in [0.3, 0.4) is 0 Å². The minimum absolute atomic E-state index is 1.00. The number of benzene rings is 12. The summed E-state index contributed by atoms with van der Waals surface area (Å²) in [4.78, 5) is 0. The summed E-state index contributed by atoms with van der Waals surface area (Å²) in [6.07, 6.45) is 0. The number of fused-ring (bicyclic) bond motifs is 22. The molecule has 0 bridgehead atoms. The summed E-state index contributed by atoms with van der Waals surface area (Å²) in [6, 6.07) is 70.5. The molecule has 12 aromatic carbocycles. The monoisotopic (exact) mass is 880 g/mol. The van der Waals surface area contributed by atoms with Gasteiger partial charge in [-0.15, -0.1) is 0 Å². The summed E-state index contributed by atoms with van der Waals surface area (Å²) in [6.45, 7) is 0. The van der Waals surface area contributed by atoms with Crippen LogP contribution in [0.15, 0.2) is 194 Å². The van der Waals surface area contributed by atoms with Crippen LogP contribution >= 0.6 is 0 Å². The highest BCUT2D eigenvalue weighted by Crippen LogP contribution is 2.45. The standard InChI is InChI=1S/2C26H16.7CH4O/c2*1-5-13-21-17(9-1)18-10-2-6-14-22(18)26-24-16-8-4-12-20(24)19-11-3-7-15-23(19)25(21)26;7*1-2/h2*1-16H;7*2H,1H3. The summed E-state index contributed by atoms with van der Waals surface area (Å²) in [5.41, 5.74) is 0. The normalized spacial score (nSPS) is 9.97. The Kier molecular flexibility index (Phi) is 20.4. The molecule has 0 heterocycles. The summed E-state index contributed by atoms with van der Waals surface area (Å²) < 4.78 is 0. The molecule has 0 atom stereocenters. The fraction of sp³-hybridized carbons (Fsp3) is 0.119. The molecule has 0 saturated carbocycles. The Morgan fingerprint density at radius 1 is 0.136 bits per heavy atom. The van der Waals surface area contributed by atoms with Crippen molar-refractivity contribution in [3.8, 4) is 0 Å². The molecule has 0 aromatic heterocycles. The Morgan fingerprint density at radius 2 is 0.212 bits per heavy atom. The molecule has 338 valence electrons. The smallest absolute Gasteiger partial charge is 0.0319 e. The topological polar surface area (TPSA) is 142 Å². The van der Waals surface area contributed by atoms with Gasteiger partial charge < -0.3 is 35.7 Å². The van der Waals surface area contributed by atoms with Gasteiger partial charge >= 0.3 is 0 Å². The Morgan fingerprint density at radius 3 is 0.303 bits per heavy atom. The largest absolute Gasteiger partial charge is 0.400 e. The molecular weight excluding hydrogens is 821 g/mol. The maximum Gasteiger partial charge on any atom is 0.0319 e. The highest BCUT2D eigenvalue weighted by Gasteiger charge is 2.16. The Bertz CT molecular complexity index is 2760. The summed E-state index contributed by atoms with van der Waals surface area (Å²) >= 11 is 0. The zero-order valence-corrected chi connectivity index (χ0v) is 38.6. The first-order chi connectivity index (χ1) is 32.9.